The molecule has 0 heterocycles. The molecule has 0 radical (unpaired) electrons. The van der Waals surface area contributed by atoms with Crippen molar-refractivity contribution in [2.24, 2.45) is 0 Å². The molecule has 0 saturated carbocycles. The first-order valence-electron chi connectivity index (χ1n) is 14.5. The quantitative estimate of drug-likeness (QED) is 0.192. The summed E-state index contributed by atoms with van der Waals surface area (Å²) in [6, 6.07) is 46.4. The van der Waals surface area contributed by atoms with Gasteiger partial charge in [-0.3, -0.25) is 0 Å². The van der Waals surface area contributed by atoms with E-state index < -0.39 is 0 Å². The lowest BCUT2D eigenvalue weighted by molar-refractivity contribution is 0.721. The molecule has 10 rings (SSSR count). The van der Waals surface area contributed by atoms with Crippen LogP contribution in [0.3, 0.4) is 0 Å². The van der Waals surface area contributed by atoms with Crippen molar-refractivity contribution in [2.75, 3.05) is 0 Å². The van der Waals surface area contributed by atoms with Gasteiger partial charge in [-0.25, -0.2) is 0 Å². The van der Waals surface area contributed by atoms with Crippen LogP contribution in [0.5, 0.6) is 0 Å². The van der Waals surface area contributed by atoms with Crippen LogP contribution in [0.25, 0.3) is 33.4 Å². The summed E-state index contributed by atoms with van der Waals surface area (Å²) >= 11 is 0. The first-order chi connectivity index (χ1) is 19.8. The van der Waals surface area contributed by atoms with Gasteiger partial charge in [-0.1, -0.05) is 121 Å². The van der Waals surface area contributed by atoms with Gasteiger partial charge < -0.3 is 0 Å². The fraction of sp³-hybridized carbons (Fsp3) is 0.100. The summed E-state index contributed by atoms with van der Waals surface area (Å²) < 4.78 is 0. The summed E-state index contributed by atoms with van der Waals surface area (Å²) in [6.07, 6.45) is 3.00. The minimum atomic E-state index is -0.302. The number of fused-ring (bicyclic) bond motifs is 17. The Labute approximate surface area is 234 Å². The van der Waals surface area contributed by atoms with Gasteiger partial charge in [0.2, 0.25) is 0 Å². The third-order valence-electron chi connectivity index (χ3n) is 10.3. The van der Waals surface area contributed by atoms with Crippen LogP contribution in [0.2, 0.25) is 0 Å². The van der Waals surface area contributed by atoms with Gasteiger partial charge in [0.15, 0.2) is 0 Å². The van der Waals surface area contributed by atoms with Crippen molar-refractivity contribution in [1.29, 1.82) is 0 Å². The molecule has 0 saturated heterocycles. The molecule has 6 aromatic carbocycles. The molecule has 0 heteroatoms. The van der Waals surface area contributed by atoms with Gasteiger partial charge >= 0.3 is 0 Å². The highest BCUT2D eigenvalue weighted by atomic mass is 14.5. The minimum absolute atomic E-state index is 0.302. The van der Waals surface area contributed by atoms with Gasteiger partial charge in [0.25, 0.3) is 0 Å². The van der Waals surface area contributed by atoms with Crippen molar-refractivity contribution in [1.82, 2.24) is 0 Å². The maximum absolute atomic E-state index is 2.49. The average molecular weight is 507 g/mol. The van der Waals surface area contributed by atoms with Crippen LogP contribution in [0.15, 0.2) is 121 Å². The Kier molecular flexibility index (Phi) is 3.86. The number of rotatable bonds is 0. The fourth-order valence-corrected chi connectivity index (χ4v) is 8.78. The highest BCUT2D eigenvalue weighted by Gasteiger charge is 2.52. The Hall–Kier alpha value is -4.68. The van der Waals surface area contributed by atoms with Crippen LogP contribution in [-0.2, 0) is 24.7 Å². The van der Waals surface area contributed by atoms with E-state index in [-0.39, 0.29) is 5.41 Å². The van der Waals surface area contributed by atoms with Crippen LogP contribution in [0.4, 0.5) is 0 Å². The zero-order valence-electron chi connectivity index (χ0n) is 22.2. The van der Waals surface area contributed by atoms with Crippen molar-refractivity contribution < 1.29 is 0 Å². The lowest BCUT2D eigenvalue weighted by Gasteiger charge is -2.40. The monoisotopic (exact) mass is 506 g/mol. The Morgan fingerprint density at radius 1 is 0.325 bits per heavy atom. The molecule has 0 unspecified atom stereocenters. The fourth-order valence-electron chi connectivity index (χ4n) is 8.78. The highest BCUT2D eigenvalue weighted by molar-refractivity contribution is 5.99. The summed E-state index contributed by atoms with van der Waals surface area (Å²) in [7, 11) is 0. The third-order valence-corrected chi connectivity index (χ3v) is 10.3. The van der Waals surface area contributed by atoms with Crippen LogP contribution in [-0.4, -0.2) is 0 Å². The summed E-state index contributed by atoms with van der Waals surface area (Å²) in [6.45, 7) is 0. The SMILES string of the molecule is c1ccc2c(c1)Cc1c-2ccc2c1-c1c(ccc3c1Cc1ccccc1-3)C21c2ccccc2Cc2ccccc21. The normalized spacial score (nSPS) is 15.4. The van der Waals surface area contributed by atoms with Gasteiger partial charge in [0.1, 0.15) is 0 Å². The zero-order chi connectivity index (χ0) is 26.0. The summed E-state index contributed by atoms with van der Waals surface area (Å²) in [4.78, 5) is 0. The first kappa shape index (κ1) is 21.2. The summed E-state index contributed by atoms with van der Waals surface area (Å²) in [5, 5.41) is 0. The van der Waals surface area contributed by atoms with Crippen molar-refractivity contribution in [3.8, 4) is 33.4 Å². The molecule has 4 aliphatic rings. The molecule has 0 nitrogen and oxygen atoms in total. The number of hydrogen-bond acceptors (Lipinski definition) is 0. The molecule has 0 N–H and O–H groups in total. The van der Waals surface area contributed by atoms with E-state index in [2.05, 4.69) is 121 Å². The maximum Gasteiger partial charge on any atom is 0.0719 e. The molecule has 4 aliphatic carbocycles. The Balaban J connectivity index is 1.40. The zero-order valence-corrected chi connectivity index (χ0v) is 22.2. The predicted octanol–water partition coefficient (Wildman–Crippen LogP) is 9.10. The second-order valence-electron chi connectivity index (χ2n) is 11.9. The lowest BCUT2D eigenvalue weighted by atomic mass is 9.61. The molecule has 40 heavy (non-hydrogen) atoms. The molecular formula is C40H26. The highest BCUT2D eigenvalue weighted by Crippen LogP contribution is 2.63. The standard InChI is InChI=1S/C40H26/c1-5-13-28-24(9-1)22-32-30(28)17-19-36-38(32)39-33-23-25-10-2-6-14-29(25)31(33)18-20-37(39)40(36)34-15-7-3-11-26(34)21-27-12-4-8-16-35(27)40/h1-20H,21-23H2. The number of hydrogen-bond donors (Lipinski definition) is 0. The van der Waals surface area contributed by atoms with Crippen molar-refractivity contribution in [2.45, 2.75) is 24.7 Å². The van der Waals surface area contributed by atoms with Crippen LogP contribution < -0.4 is 0 Å². The third kappa shape index (κ3) is 2.36. The van der Waals surface area contributed by atoms with Crippen molar-refractivity contribution in [3.05, 3.63) is 177 Å². The van der Waals surface area contributed by atoms with Crippen LogP contribution >= 0.6 is 0 Å². The molecule has 1 spiro atoms. The van der Waals surface area contributed by atoms with E-state index in [1.165, 1.54) is 89.0 Å². The molecule has 6 aromatic rings. The van der Waals surface area contributed by atoms with Crippen molar-refractivity contribution in [3.63, 3.8) is 0 Å². The summed E-state index contributed by atoms with van der Waals surface area (Å²) in [5.74, 6) is 0. The molecule has 0 amide bonds. The van der Waals surface area contributed by atoms with Gasteiger partial charge in [-0.15, -0.1) is 0 Å². The Morgan fingerprint density at radius 3 is 1.25 bits per heavy atom. The molecule has 186 valence electrons. The van der Waals surface area contributed by atoms with Gasteiger partial charge in [-0.2, -0.15) is 0 Å². The lowest BCUT2D eigenvalue weighted by Crippen LogP contribution is -2.34. The van der Waals surface area contributed by atoms with Crippen molar-refractivity contribution >= 4 is 0 Å². The Morgan fingerprint density at radius 2 is 0.750 bits per heavy atom. The smallest absolute Gasteiger partial charge is 0.0620 e. The maximum atomic E-state index is 2.49. The van der Waals surface area contributed by atoms with Gasteiger partial charge in [0, 0.05) is 0 Å². The molecule has 0 fully saturated rings. The van der Waals surface area contributed by atoms with Gasteiger partial charge in [-0.05, 0) is 108 Å². The predicted molar refractivity (Wildman–Crippen MR) is 163 cm³/mol. The minimum Gasteiger partial charge on any atom is -0.0620 e. The van der Waals surface area contributed by atoms with Crippen LogP contribution in [0.1, 0.15) is 55.6 Å². The van der Waals surface area contributed by atoms with E-state index in [1.54, 1.807) is 0 Å². The van der Waals surface area contributed by atoms with E-state index in [1.807, 2.05) is 0 Å². The molecule has 0 aliphatic heterocycles. The molecule has 0 atom stereocenters. The van der Waals surface area contributed by atoms with E-state index >= 15 is 0 Å². The Bertz CT molecular complexity index is 1940. The van der Waals surface area contributed by atoms with E-state index in [9.17, 15) is 0 Å². The van der Waals surface area contributed by atoms with Gasteiger partial charge in [0.05, 0.1) is 5.41 Å². The van der Waals surface area contributed by atoms with Crippen LogP contribution in [0, 0.1) is 0 Å². The van der Waals surface area contributed by atoms with E-state index in [0.717, 1.165) is 19.3 Å². The second-order valence-corrected chi connectivity index (χ2v) is 11.9. The second kappa shape index (κ2) is 7.29. The topological polar surface area (TPSA) is 0 Å². The average Bonchev–Trinajstić information content (AvgIpc) is 3.66. The molecule has 0 aromatic heterocycles. The van der Waals surface area contributed by atoms with E-state index in [4.69, 9.17) is 0 Å². The summed E-state index contributed by atoms with van der Waals surface area (Å²) in [5.41, 5.74) is 23.0. The van der Waals surface area contributed by atoms with E-state index in [0.29, 0.717) is 0 Å². The molecule has 0 bridgehead atoms. The first-order valence-corrected chi connectivity index (χ1v) is 14.5. The number of benzene rings is 6. The largest absolute Gasteiger partial charge is 0.0719 e. The molecular weight excluding hydrogens is 480 g/mol.